The molecule has 0 radical (unpaired) electrons. The van der Waals surface area contributed by atoms with E-state index in [-0.39, 0.29) is 6.42 Å². The van der Waals surface area contributed by atoms with Gasteiger partial charge >= 0.3 is 5.97 Å². The Morgan fingerprint density at radius 2 is 2.33 bits per heavy atom. The Kier molecular flexibility index (Phi) is 2.60. The van der Waals surface area contributed by atoms with E-state index in [9.17, 15) is 4.79 Å². The fraction of sp³-hybridized carbons (Fsp3) is 0.200. The number of carbonyl (C=O) groups is 1. The topological polar surface area (TPSA) is 55.1 Å². The number of aliphatic carboxylic acids is 1. The number of carboxylic acid groups (broad SMARTS) is 1. The summed E-state index contributed by atoms with van der Waals surface area (Å²) in [5, 5.41) is 9.16. The van der Waals surface area contributed by atoms with Gasteiger partial charge < -0.3 is 9.67 Å². The van der Waals surface area contributed by atoms with E-state index >= 15 is 0 Å². The van der Waals surface area contributed by atoms with Crippen LogP contribution in [-0.4, -0.2) is 20.6 Å². The molecule has 0 fully saturated rings. The van der Waals surface area contributed by atoms with Gasteiger partial charge in [-0.15, -0.1) is 0 Å². The van der Waals surface area contributed by atoms with Gasteiger partial charge in [0.05, 0.1) is 23.3 Å². The molecule has 0 aliphatic heterocycles. The van der Waals surface area contributed by atoms with Crippen molar-refractivity contribution in [3.05, 3.63) is 29.5 Å². The molecule has 0 unspecified atom stereocenters. The van der Waals surface area contributed by atoms with Crippen LogP contribution in [0.2, 0.25) is 5.02 Å². The smallest absolute Gasteiger partial charge is 0.305 e. The molecule has 0 atom stereocenters. The molecular formula is C10H9ClN2O2. The highest BCUT2D eigenvalue weighted by Gasteiger charge is 2.06. The number of imidazole rings is 1. The third kappa shape index (κ3) is 1.94. The third-order valence-electron chi connectivity index (χ3n) is 2.17. The lowest BCUT2D eigenvalue weighted by atomic mass is 10.3. The number of aromatic nitrogens is 2. The molecule has 2 aromatic rings. The molecule has 2 rings (SSSR count). The van der Waals surface area contributed by atoms with Crippen molar-refractivity contribution < 1.29 is 9.90 Å². The molecule has 0 aliphatic carbocycles. The molecule has 1 aromatic carbocycles. The normalized spacial score (nSPS) is 10.7. The molecule has 5 heteroatoms. The second-order valence-electron chi connectivity index (χ2n) is 3.19. The van der Waals surface area contributed by atoms with E-state index in [1.807, 2.05) is 12.1 Å². The Bertz CT molecular complexity index is 507. The van der Waals surface area contributed by atoms with Crippen molar-refractivity contribution in [1.82, 2.24) is 9.55 Å². The summed E-state index contributed by atoms with van der Waals surface area (Å²) >= 11 is 5.94. The molecule has 1 aromatic heterocycles. The molecule has 0 spiro atoms. The van der Waals surface area contributed by atoms with Crippen molar-refractivity contribution >= 4 is 28.6 Å². The van der Waals surface area contributed by atoms with E-state index in [0.717, 1.165) is 5.52 Å². The van der Waals surface area contributed by atoms with Crippen LogP contribution in [0.15, 0.2) is 24.5 Å². The lowest BCUT2D eigenvalue weighted by Gasteiger charge is -2.01. The lowest BCUT2D eigenvalue weighted by molar-refractivity contribution is -0.137. The van der Waals surface area contributed by atoms with Crippen LogP contribution in [0.25, 0.3) is 11.0 Å². The van der Waals surface area contributed by atoms with E-state index in [0.29, 0.717) is 17.1 Å². The van der Waals surface area contributed by atoms with Crippen molar-refractivity contribution in [1.29, 1.82) is 0 Å². The number of halogens is 1. The first-order chi connectivity index (χ1) is 7.18. The number of hydrogen-bond donors (Lipinski definition) is 1. The maximum absolute atomic E-state index is 10.4. The Hall–Kier alpha value is -1.55. The zero-order chi connectivity index (χ0) is 10.8. The zero-order valence-electron chi connectivity index (χ0n) is 7.85. The van der Waals surface area contributed by atoms with Gasteiger partial charge in [-0.05, 0) is 12.1 Å². The minimum absolute atomic E-state index is 0.0813. The van der Waals surface area contributed by atoms with Crippen LogP contribution in [0.1, 0.15) is 6.42 Å². The minimum atomic E-state index is -0.820. The van der Waals surface area contributed by atoms with Crippen LogP contribution in [0.3, 0.4) is 0 Å². The number of nitrogens with zero attached hydrogens (tertiary/aromatic N) is 2. The van der Waals surface area contributed by atoms with E-state index in [2.05, 4.69) is 4.98 Å². The maximum atomic E-state index is 10.4. The number of fused-ring (bicyclic) bond motifs is 1. The van der Waals surface area contributed by atoms with Crippen LogP contribution in [0.5, 0.6) is 0 Å². The highest BCUT2D eigenvalue weighted by Crippen LogP contribution is 2.21. The fourth-order valence-corrected chi connectivity index (χ4v) is 1.67. The van der Waals surface area contributed by atoms with E-state index < -0.39 is 5.97 Å². The standard InChI is InChI=1S/C10H9ClN2O2/c11-7-2-1-3-8-10(7)12-6-13(8)5-4-9(14)15/h1-3,6H,4-5H2,(H,14,15). The monoisotopic (exact) mass is 224 g/mol. The molecule has 0 bridgehead atoms. The van der Waals surface area contributed by atoms with Gasteiger partial charge in [0.1, 0.15) is 5.52 Å². The van der Waals surface area contributed by atoms with E-state index in [1.54, 1.807) is 17.0 Å². The predicted octanol–water partition coefficient (Wildman–Crippen LogP) is 2.16. The lowest BCUT2D eigenvalue weighted by Crippen LogP contribution is -2.03. The van der Waals surface area contributed by atoms with Gasteiger partial charge in [0, 0.05) is 6.54 Å². The van der Waals surface area contributed by atoms with Crippen molar-refractivity contribution in [2.24, 2.45) is 0 Å². The van der Waals surface area contributed by atoms with Crippen LogP contribution >= 0.6 is 11.6 Å². The summed E-state index contributed by atoms with van der Waals surface area (Å²) in [5.74, 6) is -0.820. The Labute approximate surface area is 91.1 Å². The van der Waals surface area contributed by atoms with Crippen molar-refractivity contribution in [2.45, 2.75) is 13.0 Å². The molecule has 0 saturated carbocycles. The SMILES string of the molecule is O=C(O)CCn1cnc2c(Cl)cccc21. The summed E-state index contributed by atoms with van der Waals surface area (Å²) in [6.07, 6.45) is 1.69. The maximum Gasteiger partial charge on any atom is 0.305 e. The molecule has 0 aliphatic rings. The van der Waals surface area contributed by atoms with Crippen LogP contribution in [-0.2, 0) is 11.3 Å². The highest BCUT2D eigenvalue weighted by molar-refractivity contribution is 6.34. The van der Waals surface area contributed by atoms with Gasteiger partial charge in [0.25, 0.3) is 0 Å². The Morgan fingerprint density at radius 1 is 1.53 bits per heavy atom. The number of para-hydroxylation sites is 1. The molecule has 0 saturated heterocycles. The summed E-state index contributed by atoms with van der Waals surface area (Å²) in [6, 6.07) is 5.46. The summed E-state index contributed by atoms with van der Waals surface area (Å²) in [4.78, 5) is 14.6. The van der Waals surface area contributed by atoms with E-state index in [1.165, 1.54) is 0 Å². The number of rotatable bonds is 3. The Balaban J connectivity index is 2.37. The average Bonchev–Trinajstić information content (AvgIpc) is 2.59. The fourth-order valence-electron chi connectivity index (χ4n) is 1.45. The zero-order valence-corrected chi connectivity index (χ0v) is 8.61. The van der Waals surface area contributed by atoms with Crippen LogP contribution in [0, 0.1) is 0 Å². The molecule has 0 amide bonds. The number of hydrogen-bond acceptors (Lipinski definition) is 2. The molecule has 1 heterocycles. The van der Waals surface area contributed by atoms with Gasteiger partial charge in [-0.25, -0.2) is 4.98 Å². The van der Waals surface area contributed by atoms with Gasteiger partial charge in [0.15, 0.2) is 0 Å². The first kappa shape index (κ1) is 9.98. The van der Waals surface area contributed by atoms with Crippen molar-refractivity contribution in [3.63, 3.8) is 0 Å². The molecule has 4 nitrogen and oxygen atoms in total. The van der Waals surface area contributed by atoms with Crippen LogP contribution in [0.4, 0.5) is 0 Å². The predicted molar refractivity (Wildman–Crippen MR) is 57.0 cm³/mol. The minimum Gasteiger partial charge on any atom is -0.481 e. The molecular weight excluding hydrogens is 216 g/mol. The first-order valence-electron chi connectivity index (χ1n) is 4.49. The average molecular weight is 225 g/mol. The summed E-state index contributed by atoms with van der Waals surface area (Å²) in [6.45, 7) is 0.409. The third-order valence-corrected chi connectivity index (χ3v) is 2.47. The first-order valence-corrected chi connectivity index (χ1v) is 4.87. The summed E-state index contributed by atoms with van der Waals surface area (Å²) in [5.41, 5.74) is 1.58. The number of carboxylic acids is 1. The summed E-state index contributed by atoms with van der Waals surface area (Å²) in [7, 11) is 0. The van der Waals surface area contributed by atoms with Gasteiger partial charge in [-0.3, -0.25) is 4.79 Å². The van der Waals surface area contributed by atoms with Crippen LogP contribution < -0.4 is 0 Å². The molecule has 15 heavy (non-hydrogen) atoms. The largest absolute Gasteiger partial charge is 0.481 e. The molecule has 1 N–H and O–H groups in total. The van der Waals surface area contributed by atoms with Crippen molar-refractivity contribution in [2.75, 3.05) is 0 Å². The van der Waals surface area contributed by atoms with Gasteiger partial charge in [-0.1, -0.05) is 17.7 Å². The van der Waals surface area contributed by atoms with Gasteiger partial charge in [-0.2, -0.15) is 0 Å². The second kappa shape index (κ2) is 3.90. The summed E-state index contributed by atoms with van der Waals surface area (Å²) < 4.78 is 1.79. The second-order valence-corrected chi connectivity index (χ2v) is 3.60. The van der Waals surface area contributed by atoms with E-state index in [4.69, 9.17) is 16.7 Å². The number of aryl methyl sites for hydroxylation is 1. The molecule has 78 valence electrons. The highest BCUT2D eigenvalue weighted by atomic mass is 35.5. The number of benzene rings is 1. The quantitative estimate of drug-likeness (QED) is 0.869. The van der Waals surface area contributed by atoms with Gasteiger partial charge in [0.2, 0.25) is 0 Å². The Morgan fingerprint density at radius 3 is 3.07 bits per heavy atom. The van der Waals surface area contributed by atoms with Crippen molar-refractivity contribution in [3.8, 4) is 0 Å².